The summed E-state index contributed by atoms with van der Waals surface area (Å²) in [6.45, 7) is 1.72. The van der Waals surface area contributed by atoms with Gasteiger partial charge in [0.1, 0.15) is 6.04 Å². The molecule has 0 bridgehead atoms. The number of nitrogens with zero attached hydrogens (tertiary/aromatic N) is 4. The third-order valence-corrected chi connectivity index (χ3v) is 3.20. The number of carbonyl (C=O) groups is 2. The van der Waals surface area contributed by atoms with Crippen LogP contribution in [0.25, 0.3) is 11.4 Å². The number of carbonyl (C=O) groups excluding carboxylic acids is 1. The average Bonchev–Trinajstić information content (AvgIpc) is 3.01. The van der Waals surface area contributed by atoms with E-state index in [1.807, 2.05) is 0 Å². The molecule has 0 spiro atoms. The normalized spacial score (nSPS) is 11.9. The first-order valence-electron chi connectivity index (χ1n) is 6.38. The van der Waals surface area contributed by atoms with Crippen LogP contribution in [0.4, 0.5) is 0 Å². The van der Waals surface area contributed by atoms with E-state index in [0.29, 0.717) is 23.4 Å². The Hall–Kier alpha value is -2.77. The Balaban J connectivity index is 2.18. The molecule has 0 aliphatic carbocycles. The first-order chi connectivity index (χ1) is 10.0. The van der Waals surface area contributed by atoms with Crippen molar-refractivity contribution < 1.29 is 14.7 Å². The van der Waals surface area contributed by atoms with E-state index >= 15 is 0 Å². The first-order valence-corrected chi connectivity index (χ1v) is 6.38. The van der Waals surface area contributed by atoms with Gasteiger partial charge in [-0.25, -0.2) is 4.79 Å². The SMILES string of the molecule is CCC(C(=O)O)N(C)C(=O)c1ccc(-c2nn[nH]n2)cc1. The number of hydrogen-bond donors (Lipinski definition) is 2. The van der Waals surface area contributed by atoms with Gasteiger partial charge < -0.3 is 10.0 Å². The van der Waals surface area contributed by atoms with Gasteiger partial charge in [-0.15, -0.1) is 10.2 Å². The first kappa shape index (κ1) is 14.6. The highest BCUT2D eigenvalue weighted by molar-refractivity contribution is 5.96. The Bertz CT molecular complexity index is 624. The van der Waals surface area contributed by atoms with Crippen molar-refractivity contribution in [1.82, 2.24) is 25.5 Å². The number of aromatic amines is 1. The fourth-order valence-electron chi connectivity index (χ4n) is 2.01. The highest BCUT2D eigenvalue weighted by atomic mass is 16.4. The molecule has 0 fully saturated rings. The number of carboxylic acid groups (broad SMARTS) is 1. The summed E-state index contributed by atoms with van der Waals surface area (Å²) in [6.07, 6.45) is 0.346. The molecule has 2 rings (SSSR count). The summed E-state index contributed by atoms with van der Waals surface area (Å²) in [5.74, 6) is -0.931. The van der Waals surface area contributed by atoms with Crippen molar-refractivity contribution in [2.45, 2.75) is 19.4 Å². The van der Waals surface area contributed by atoms with Crippen LogP contribution in [-0.2, 0) is 4.79 Å². The predicted molar refractivity (Wildman–Crippen MR) is 73.4 cm³/mol. The summed E-state index contributed by atoms with van der Waals surface area (Å²) in [5.41, 5.74) is 1.12. The van der Waals surface area contributed by atoms with Gasteiger partial charge in [-0.2, -0.15) is 5.21 Å². The minimum Gasteiger partial charge on any atom is -0.480 e. The summed E-state index contributed by atoms with van der Waals surface area (Å²) in [7, 11) is 1.48. The number of benzene rings is 1. The molecule has 21 heavy (non-hydrogen) atoms. The molecular formula is C13H15N5O3. The van der Waals surface area contributed by atoms with Gasteiger partial charge in [0.25, 0.3) is 5.91 Å². The Kier molecular flexibility index (Phi) is 4.27. The zero-order valence-electron chi connectivity index (χ0n) is 11.6. The lowest BCUT2D eigenvalue weighted by Gasteiger charge is -2.23. The van der Waals surface area contributed by atoms with Crippen molar-refractivity contribution in [2.24, 2.45) is 0 Å². The molecule has 1 aromatic heterocycles. The van der Waals surface area contributed by atoms with Gasteiger partial charge >= 0.3 is 5.97 Å². The molecule has 0 saturated carbocycles. The number of likely N-dealkylation sites (N-methyl/N-ethyl adjacent to an activating group) is 1. The zero-order chi connectivity index (χ0) is 15.4. The fraction of sp³-hybridized carbons (Fsp3) is 0.308. The number of hydrogen-bond acceptors (Lipinski definition) is 5. The van der Waals surface area contributed by atoms with Crippen LogP contribution in [-0.4, -0.2) is 55.6 Å². The summed E-state index contributed by atoms with van der Waals surface area (Å²) < 4.78 is 0. The van der Waals surface area contributed by atoms with Crippen LogP contribution in [0.15, 0.2) is 24.3 Å². The molecule has 0 saturated heterocycles. The van der Waals surface area contributed by atoms with Crippen LogP contribution >= 0.6 is 0 Å². The molecule has 1 heterocycles. The maximum absolute atomic E-state index is 12.3. The van der Waals surface area contributed by atoms with Crippen molar-refractivity contribution in [2.75, 3.05) is 7.05 Å². The number of amides is 1. The van der Waals surface area contributed by atoms with E-state index in [9.17, 15) is 9.59 Å². The van der Waals surface area contributed by atoms with E-state index in [1.165, 1.54) is 11.9 Å². The number of carboxylic acids is 1. The predicted octanol–water partition coefficient (Wildman–Crippen LogP) is 0.802. The van der Waals surface area contributed by atoms with Crippen LogP contribution in [0.1, 0.15) is 23.7 Å². The minimum absolute atomic E-state index is 0.344. The maximum Gasteiger partial charge on any atom is 0.326 e. The monoisotopic (exact) mass is 289 g/mol. The second-order valence-electron chi connectivity index (χ2n) is 4.49. The topological polar surface area (TPSA) is 112 Å². The molecule has 1 amide bonds. The summed E-state index contributed by atoms with van der Waals surface area (Å²) in [5, 5.41) is 22.6. The number of H-pyrrole nitrogens is 1. The maximum atomic E-state index is 12.3. The third kappa shape index (κ3) is 3.04. The van der Waals surface area contributed by atoms with Gasteiger partial charge in [-0.3, -0.25) is 4.79 Å². The molecule has 110 valence electrons. The quantitative estimate of drug-likeness (QED) is 0.842. The molecule has 2 N–H and O–H groups in total. The van der Waals surface area contributed by atoms with E-state index in [1.54, 1.807) is 31.2 Å². The molecule has 1 atom stereocenters. The van der Waals surface area contributed by atoms with Crippen molar-refractivity contribution in [3.63, 3.8) is 0 Å². The second kappa shape index (κ2) is 6.12. The van der Waals surface area contributed by atoms with E-state index < -0.39 is 12.0 Å². The number of tetrazole rings is 1. The molecule has 0 aliphatic rings. The Morgan fingerprint density at radius 1 is 1.33 bits per heavy atom. The summed E-state index contributed by atoms with van der Waals surface area (Å²) in [6, 6.07) is 5.76. The number of aliphatic carboxylic acids is 1. The van der Waals surface area contributed by atoms with Crippen LogP contribution in [0.5, 0.6) is 0 Å². The summed E-state index contributed by atoms with van der Waals surface area (Å²) >= 11 is 0. The minimum atomic E-state index is -1.02. The van der Waals surface area contributed by atoms with Crippen molar-refractivity contribution in [3.8, 4) is 11.4 Å². The lowest BCUT2D eigenvalue weighted by Crippen LogP contribution is -2.41. The lowest BCUT2D eigenvalue weighted by atomic mass is 10.1. The van der Waals surface area contributed by atoms with Crippen molar-refractivity contribution in [1.29, 1.82) is 0 Å². The molecule has 8 nitrogen and oxygen atoms in total. The van der Waals surface area contributed by atoms with Crippen molar-refractivity contribution >= 4 is 11.9 Å². The highest BCUT2D eigenvalue weighted by Gasteiger charge is 2.25. The van der Waals surface area contributed by atoms with E-state index in [0.717, 1.165) is 0 Å². The average molecular weight is 289 g/mol. The highest BCUT2D eigenvalue weighted by Crippen LogP contribution is 2.16. The van der Waals surface area contributed by atoms with Gasteiger partial charge in [0, 0.05) is 18.2 Å². The van der Waals surface area contributed by atoms with Crippen LogP contribution in [0, 0.1) is 0 Å². The van der Waals surface area contributed by atoms with Gasteiger partial charge in [-0.05, 0) is 23.8 Å². The second-order valence-corrected chi connectivity index (χ2v) is 4.49. The van der Waals surface area contributed by atoms with E-state index in [4.69, 9.17) is 5.11 Å². The molecule has 2 aromatic rings. The van der Waals surface area contributed by atoms with Crippen LogP contribution in [0.3, 0.4) is 0 Å². The largest absolute Gasteiger partial charge is 0.480 e. The Morgan fingerprint density at radius 2 is 2.00 bits per heavy atom. The summed E-state index contributed by atoms with van der Waals surface area (Å²) in [4.78, 5) is 24.6. The van der Waals surface area contributed by atoms with Crippen molar-refractivity contribution in [3.05, 3.63) is 29.8 Å². The molecule has 1 unspecified atom stereocenters. The fourth-order valence-corrected chi connectivity index (χ4v) is 2.01. The number of rotatable bonds is 5. The smallest absolute Gasteiger partial charge is 0.326 e. The molecule has 8 heteroatoms. The number of nitrogens with one attached hydrogen (secondary N) is 1. The zero-order valence-corrected chi connectivity index (χ0v) is 11.6. The Labute approximate surface area is 120 Å². The van der Waals surface area contributed by atoms with E-state index in [2.05, 4.69) is 20.6 Å². The van der Waals surface area contributed by atoms with E-state index in [-0.39, 0.29) is 5.91 Å². The third-order valence-electron chi connectivity index (χ3n) is 3.20. The molecule has 1 aromatic carbocycles. The van der Waals surface area contributed by atoms with Gasteiger partial charge in [0.05, 0.1) is 0 Å². The Morgan fingerprint density at radius 3 is 2.48 bits per heavy atom. The lowest BCUT2D eigenvalue weighted by molar-refractivity contribution is -0.142. The van der Waals surface area contributed by atoms with Gasteiger partial charge in [0.2, 0.25) is 5.82 Å². The molecule has 0 radical (unpaired) electrons. The number of aromatic nitrogens is 4. The standard InChI is InChI=1S/C13H15N5O3/c1-3-10(13(20)21)18(2)12(19)9-6-4-8(5-7-9)11-14-16-17-15-11/h4-7,10H,3H2,1-2H3,(H,20,21)(H,14,15,16,17). The van der Waals surface area contributed by atoms with Crippen LogP contribution in [0.2, 0.25) is 0 Å². The van der Waals surface area contributed by atoms with Crippen LogP contribution < -0.4 is 0 Å². The molecular weight excluding hydrogens is 274 g/mol. The molecule has 0 aliphatic heterocycles. The van der Waals surface area contributed by atoms with Gasteiger partial charge in [0.15, 0.2) is 0 Å². The van der Waals surface area contributed by atoms with Gasteiger partial charge in [-0.1, -0.05) is 19.1 Å².